The van der Waals surface area contributed by atoms with Gasteiger partial charge < -0.3 is 4.42 Å². The molecule has 0 atom stereocenters. The fourth-order valence-electron chi connectivity index (χ4n) is 2.93. The number of tetrazole rings is 1. The second kappa shape index (κ2) is 10.2. The average molecular weight is 480 g/mol. The number of amides is 1. The highest BCUT2D eigenvalue weighted by Crippen LogP contribution is 2.13. The number of furan rings is 1. The van der Waals surface area contributed by atoms with Crippen molar-refractivity contribution >= 4 is 21.6 Å². The summed E-state index contributed by atoms with van der Waals surface area (Å²) in [5.41, 5.74) is 4.38. The van der Waals surface area contributed by atoms with Crippen molar-refractivity contribution in [1.29, 1.82) is 0 Å². The third-order valence-corrected chi connectivity index (χ3v) is 6.13. The van der Waals surface area contributed by atoms with Gasteiger partial charge in [-0.25, -0.2) is 18.6 Å². The van der Waals surface area contributed by atoms with Gasteiger partial charge in [0.05, 0.1) is 23.4 Å². The predicted molar refractivity (Wildman–Crippen MR) is 123 cm³/mol. The predicted octanol–water partition coefficient (Wildman–Crippen LogP) is 1.95. The Morgan fingerprint density at radius 3 is 2.53 bits per heavy atom. The third-order valence-electron chi connectivity index (χ3n) is 4.72. The maximum absolute atomic E-state index is 12.4. The Kier molecular flexibility index (Phi) is 6.90. The van der Waals surface area contributed by atoms with E-state index in [2.05, 4.69) is 30.7 Å². The maximum Gasteiger partial charge on any atom is 0.263 e. The Morgan fingerprint density at radius 1 is 1.06 bits per heavy atom. The van der Waals surface area contributed by atoms with Crippen molar-refractivity contribution in [1.82, 2.24) is 30.4 Å². The summed E-state index contributed by atoms with van der Waals surface area (Å²) in [6, 6.07) is 18.8. The molecule has 4 rings (SSSR count). The van der Waals surface area contributed by atoms with Gasteiger partial charge in [-0.1, -0.05) is 42.5 Å². The number of rotatable bonds is 9. The SMILES string of the molecule is C/C(=N\NC(=O)Cn1nnc(-c2ccccc2)n1)c1ccc(S(=O)(=O)NCc2ccco2)cc1. The topological polar surface area (TPSA) is 144 Å². The van der Waals surface area contributed by atoms with E-state index >= 15 is 0 Å². The van der Waals surface area contributed by atoms with Crippen molar-refractivity contribution in [2.24, 2.45) is 5.10 Å². The molecule has 0 aliphatic heterocycles. The van der Waals surface area contributed by atoms with Crippen LogP contribution in [0, 0.1) is 0 Å². The molecule has 0 aliphatic rings. The highest BCUT2D eigenvalue weighted by molar-refractivity contribution is 7.89. The summed E-state index contributed by atoms with van der Waals surface area (Å²) in [7, 11) is -3.70. The summed E-state index contributed by atoms with van der Waals surface area (Å²) < 4.78 is 32.5. The van der Waals surface area contributed by atoms with Crippen LogP contribution in [-0.4, -0.2) is 40.2 Å². The number of benzene rings is 2. The minimum Gasteiger partial charge on any atom is -0.468 e. The molecule has 4 aromatic rings. The molecule has 0 radical (unpaired) electrons. The highest BCUT2D eigenvalue weighted by atomic mass is 32.2. The number of hydrazone groups is 1. The molecule has 0 fully saturated rings. The standard InChI is InChI=1S/C22H21N7O4S/c1-16(17-9-11-20(12-10-17)34(31,32)23-14-19-8-5-13-33-19)24-25-21(30)15-29-27-22(26-28-29)18-6-3-2-4-7-18/h2-13,23H,14-15H2,1H3,(H,25,30)/b24-16+. The van der Waals surface area contributed by atoms with Gasteiger partial charge in [0, 0.05) is 5.56 Å². The highest BCUT2D eigenvalue weighted by Gasteiger charge is 2.15. The average Bonchev–Trinajstić information content (AvgIpc) is 3.54. The lowest BCUT2D eigenvalue weighted by Crippen LogP contribution is -2.25. The van der Waals surface area contributed by atoms with E-state index in [-0.39, 0.29) is 18.0 Å². The van der Waals surface area contributed by atoms with E-state index in [9.17, 15) is 13.2 Å². The number of sulfonamides is 1. The van der Waals surface area contributed by atoms with E-state index < -0.39 is 15.9 Å². The van der Waals surface area contributed by atoms with Crippen molar-refractivity contribution in [2.75, 3.05) is 0 Å². The van der Waals surface area contributed by atoms with E-state index in [1.54, 1.807) is 31.2 Å². The van der Waals surface area contributed by atoms with Gasteiger partial charge in [0.15, 0.2) is 0 Å². The van der Waals surface area contributed by atoms with E-state index in [0.717, 1.165) is 5.56 Å². The summed E-state index contributed by atoms with van der Waals surface area (Å²) in [4.78, 5) is 13.5. The number of carbonyl (C=O) groups is 1. The summed E-state index contributed by atoms with van der Waals surface area (Å²) in [5.74, 6) is 0.496. The Balaban J connectivity index is 1.33. The number of hydrogen-bond donors (Lipinski definition) is 2. The molecule has 0 aliphatic carbocycles. The molecule has 0 saturated heterocycles. The molecular formula is C22H21N7O4S. The lowest BCUT2D eigenvalue weighted by Gasteiger charge is -2.07. The molecule has 11 nitrogen and oxygen atoms in total. The molecule has 12 heteroatoms. The first kappa shape index (κ1) is 23.0. The Bertz CT molecular complexity index is 1380. The van der Waals surface area contributed by atoms with Crippen LogP contribution in [0.25, 0.3) is 11.4 Å². The summed E-state index contributed by atoms with van der Waals surface area (Å²) in [5, 5.41) is 16.1. The fourth-order valence-corrected chi connectivity index (χ4v) is 3.92. The van der Waals surface area contributed by atoms with Crippen LogP contribution in [0.5, 0.6) is 0 Å². The number of hydrogen-bond acceptors (Lipinski definition) is 8. The van der Waals surface area contributed by atoms with Crippen LogP contribution in [0.2, 0.25) is 0 Å². The molecule has 2 aromatic heterocycles. The normalized spacial score (nSPS) is 12.0. The number of aromatic nitrogens is 4. The Labute approximate surface area is 195 Å². The Morgan fingerprint density at radius 2 is 1.82 bits per heavy atom. The molecule has 0 spiro atoms. The molecule has 2 N–H and O–H groups in total. The van der Waals surface area contributed by atoms with Crippen LogP contribution >= 0.6 is 0 Å². The van der Waals surface area contributed by atoms with Gasteiger partial charge in [-0.05, 0) is 42.0 Å². The van der Waals surface area contributed by atoms with Crippen molar-refractivity contribution in [3.8, 4) is 11.4 Å². The van der Waals surface area contributed by atoms with Crippen LogP contribution in [0.4, 0.5) is 0 Å². The zero-order chi connectivity index (χ0) is 24.0. The molecule has 0 bridgehead atoms. The minimum atomic E-state index is -3.70. The fraction of sp³-hybridized carbons (Fsp3) is 0.136. The van der Waals surface area contributed by atoms with Crippen LogP contribution in [0.1, 0.15) is 18.2 Å². The Hall–Kier alpha value is -4.16. The van der Waals surface area contributed by atoms with Gasteiger partial charge in [0.1, 0.15) is 12.3 Å². The molecule has 2 heterocycles. The van der Waals surface area contributed by atoms with E-state index in [1.165, 1.54) is 23.2 Å². The molecule has 0 unspecified atom stereocenters. The van der Waals surface area contributed by atoms with E-state index in [0.29, 0.717) is 22.9 Å². The zero-order valence-electron chi connectivity index (χ0n) is 18.1. The van der Waals surface area contributed by atoms with Crippen molar-refractivity contribution in [2.45, 2.75) is 24.9 Å². The molecule has 1 amide bonds. The van der Waals surface area contributed by atoms with Crippen LogP contribution < -0.4 is 10.1 Å². The quantitative estimate of drug-likeness (QED) is 0.276. The van der Waals surface area contributed by atoms with Gasteiger partial charge in [-0.3, -0.25) is 4.79 Å². The monoisotopic (exact) mass is 479 g/mol. The van der Waals surface area contributed by atoms with Crippen molar-refractivity contribution in [3.63, 3.8) is 0 Å². The molecule has 174 valence electrons. The van der Waals surface area contributed by atoms with E-state index in [1.807, 2.05) is 30.3 Å². The number of carbonyl (C=O) groups excluding carboxylic acids is 1. The summed E-state index contributed by atoms with van der Waals surface area (Å²) >= 11 is 0. The maximum atomic E-state index is 12.4. The zero-order valence-corrected chi connectivity index (χ0v) is 18.9. The third kappa shape index (κ3) is 5.79. The summed E-state index contributed by atoms with van der Waals surface area (Å²) in [6.07, 6.45) is 1.48. The molecule has 2 aromatic carbocycles. The first-order valence-corrected chi connectivity index (χ1v) is 11.7. The largest absolute Gasteiger partial charge is 0.468 e. The van der Waals surface area contributed by atoms with Gasteiger partial charge in [0.25, 0.3) is 5.91 Å². The van der Waals surface area contributed by atoms with Crippen molar-refractivity contribution < 1.29 is 17.6 Å². The second-order valence-corrected chi connectivity index (χ2v) is 8.94. The number of nitrogens with one attached hydrogen (secondary N) is 2. The number of nitrogens with zero attached hydrogens (tertiary/aromatic N) is 5. The molecule has 0 saturated carbocycles. The van der Waals surface area contributed by atoms with Crippen LogP contribution in [-0.2, 0) is 27.9 Å². The van der Waals surface area contributed by atoms with Crippen LogP contribution in [0.3, 0.4) is 0 Å². The first-order chi connectivity index (χ1) is 16.4. The first-order valence-electron chi connectivity index (χ1n) is 10.2. The minimum absolute atomic E-state index is 0.0527. The molecule has 34 heavy (non-hydrogen) atoms. The van der Waals surface area contributed by atoms with Gasteiger partial charge in [-0.15, -0.1) is 10.2 Å². The lowest BCUT2D eigenvalue weighted by atomic mass is 10.1. The smallest absolute Gasteiger partial charge is 0.263 e. The second-order valence-electron chi connectivity index (χ2n) is 7.17. The molecular weight excluding hydrogens is 458 g/mol. The van der Waals surface area contributed by atoms with E-state index in [4.69, 9.17) is 4.42 Å². The summed E-state index contributed by atoms with van der Waals surface area (Å²) in [6.45, 7) is 1.59. The van der Waals surface area contributed by atoms with Gasteiger partial charge in [0.2, 0.25) is 15.8 Å². The van der Waals surface area contributed by atoms with Crippen molar-refractivity contribution in [3.05, 3.63) is 84.3 Å². The van der Waals surface area contributed by atoms with Crippen LogP contribution in [0.15, 0.2) is 87.4 Å². The lowest BCUT2D eigenvalue weighted by molar-refractivity contribution is -0.122. The van der Waals surface area contributed by atoms with Gasteiger partial charge >= 0.3 is 0 Å². The van der Waals surface area contributed by atoms with Gasteiger partial charge in [-0.2, -0.15) is 9.90 Å².